The molecule has 0 aliphatic heterocycles. The summed E-state index contributed by atoms with van der Waals surface area (Å²) in [5.41, 5.74) is 5.59. The van der Waals surface area contributed by atoms with Gasteiger partial charge in [-0.1, -0.05) is 72.8 Å². The van der Waals surface area contributed by atoms with Crippen LogP contribution in [-0.4, -0.2) is 35.0 Å². The molecule has 0 aromatic heterocycles. The normalized spacial score (nSPS) is 11.9. The molecule has 0 aliphatic carbocycles. The summed E-state index contributed by atoms with van der Waals surface area (Å²) in [6.45, 7) is 2.01. The average Bonchev–Trinajstić information content (AvgIpc) is 2.85. The highest BCUT2D eigenvalue weighted by Gasteiger charge is 2.22. The van der Waals surface area contributed by atoms with Crippen LogP contribution in [0, 0.1) is 6.92 Å². The Morgan fingerprint density at radius 1 is 1.00 bits per heavy atom. The van der Waals surface area contributed by atoms with Crippen LogP contribution in [0.4, 0.5) is 0 Å². The molecular weight excluding hydrogens is 442 g/mol. The number of aryl methyl sites for hydroxylation is 2. The van der Waals surface area contributed by atoms with E-state index >= 15 is 0 Å². The van der Waals surface area contributed by atoms with Crippen molar-refractivity contribution < 1.29 is 14.7 Å². The molecule has 0 saturated carbocycles. The number of hydrogen-bond acceptors (Lipinski definition) is 3. The summed E-state index contributed by atoms with van der Waals surface area (Å²) in [5, 5.41) is 12.3. The van der Waals surface area contributed by atoms with Gasteiger partial charge in [0.2, 0.25) is 0 Å². The first-order valence-electron chi connectivity index (χ1n) is 11.4. The van der Waals surface area contributed by atoms with Crippen LogP contribution < -0.4 is 5.32 Å². The molecule has 0 aliphatic rings. The summed E-state index contributed by atoms with van der Waals surface area (Å²) in [6, 6.07) is 23.1. The lowest BCUT2D eigenvalue weighted by Crippen LogP contribution is -2.41. The zero-order chi connectivity index (χ0) is 24.3. The average molecular weight is 474 g/mol. The van der Waals surface area contributed by atoms with Crippen LogP contribution in [0.5, 0.6) is 0 Å². The third-order valence-corrected chi connectivity index (χ3v) is 6.33. The number of nitrogens with one attached hydrogen (secondary N) is 1. The van der Waals surface area contributed by atoms with Crippen molar-refractivity contribution in [2.45, 2.75) is 32.2 Å². The van der Waals surface area contributed by atoms with Gasteiger partial charge >= 0.3 is 5.97 Å². The van der Waals surface area contributed by atoms with E-state index in [1.165, 1.54) is 5.56 Å². The minimum Gasteiger partial charge on any atom is -0.480 e. The van der Waals surface area contributed by atoms with Crippen LogP contribution in [-0.2, 0) is 11.2 Å². The Bertz CT molecular complexity index is 1140. The molecule has 3 aromatic carbocycles. The van der Waals surface area contributed by atoms with Gasteiger partial charge < -0.3 is 10.4 Å². The van der Waals surface area contributed by atoms with Crippen molar-refractivity contribution in [3.8, 4) is 11.1 Å². The van der Waals surface area contributed by atoms with Crippen molar-refractivity contribution in [1.29, 1.82) is 0 Å². The molecule has 0 fully saturated rings. The standard InChI is InChI=1S/C29H31NO3S/c1-21-10-6-9-15-24(21)26-20-23(14-8-7-13-22-11-4-3-5-12-22)16-17-25(26)28(31)30-27(29(32)33)18-19-34-2/h3-6,8-12,14-17,20,27H,7,13,18-19H2,1-2H3,(H,30,31)(H,32,33)/b14-8+/t27-/m0/s1. The minimum absolute atomic E-state index is 0.369. The summed E-state index contributed by atoms with van der Waals surface area (Å²) in [4.78, 5) is 24.8. The smallest absolute Gasteiger partial charge is 0.326 e. The van der Waals surface area contributed by atoms with Gasteiger partial charge in [0.05, 0.1) is 0 Å². The quantitative estimate of drug-likeness (QED) is 0.346. The molecule has 2 N–H and O–H groups in total. The Hall–Kier alpha value is -3.31. The van der Waals surface area contributed by atoms with E-state index in [1.807, 2.05) is 67.8 Å². The van der Waals surface area contributed by atoms with Gasteiger partial charge in [-0.2, -0.15) is 11.8 Å². The van der Waals surface area contributed by atoms with E-state index in [4.69, 9.17) is 0 Å². The van der Waals surface area contributed by atoms with Gasteiger partial charge in [-0.3, -0.25) is 4.79 Å². The van der Waals surface area contributed by atoms with Gasteiger partial charge in [-0.15, -0.1) is 0 Å². The van der Waals surface area contributed by atoms with Gasteiger partial charge in [-0.25, -0.2) is 4.79 Å². The molecular formula is C29H31NO3S. The van der Waals surface area contributed by atoms with E-state index in [1.54, 1.807) is 17.8 Å². The van der Waals surface area contributed by atoms with Crippen LogP contribution in [0.3, 0.4) is 0 Å². The van der Waals surface area contributed by atoms with Crippen LogP contribution >= 0.6 is 11.8 Å². The first kappa shape index (κ1) is 25.3. The summed E-state index contributed by atoms with van der Waals surface area (Å²) < 4.78 is 0. The molecule has 0 bridgehead atoms. The Morgan fingerprint density at radius 2 is 1.74 bits per heavy atom. The molecule has 0 saturated heterocycles. The van der Waals surface area contributed by atoms with E-state index < -0.39 is 12.0 Å². The fourth-order valence-corrected chi connectivity index (χ4v) is 4.28. The van der Waals surface area contributed by atoms with Gasteiger partial charge in [0.15, 0.2) is 0 Å². The highest BCUT2D eigenvalue weighted by Crippen LogP contribution is 2.29. The minimum atomic E-state index is -1.02. The van der Waals surface area contributed by atoms with Crippen molar-refractivity contribution in [2.75, 3.05) is 12.0 Å². The molecule has 0 unspecified atom stereocenters. The first-order chi connectivity index (χ1) is 16.5. The Kier molecular flexibility index (Phi) is 9.53. The predicted octanol–water partition coefficient (Wildman–Crippen LogP) is 6.24. The van der Waals surface area contributed by atoms with Crippen molar-refractivity contribution in [1.82, 2.24) is 5.32 Å². The van der Waals surface area contributed by atoms with E-state index in [9.17, 15) is 14.7 Å². The molecule has 0 radical (unpaired) electrons. The fourth-order valence-electron chi connectivity index (χ4n) is 3.80. The topological polar surface area (TPSA) is 66.4 Å². The summed E-state index contributed by atoms with van der Waals surface area (Å²) in [7, 11) is 0. The number of thioether (sulfide) groups is 1. The zero-order valence-electron chi connectivity index (χ0n) is 19.7. The van der Waals surface area contributed by atoms with Crippen molar-refractivity contribution in [2.24, 2.45) is 0 Å². The van der Waals surface area contributed by atoms with Gasteiger partial charge in [0, 0.05) is 5.56 Å². The monoisotopic (exact) mass is 473 g/mol. The van der Waals surface area contributed by atoms with E-state index in [-0.39, 0.29) is 5.91 Å². The number of aliphatic carboxylic acids is 1. The number of carboxylic acids is 1. The number of carbonyl (C=O) groups excluding carboxylic acids is 1. The van der Waals surface area contributed by atoms with E-state index in [0.29, 0.717) is 17.7 Å². The number of rotatable bonds is 11. The summed E-state index contributed by atoms with van der Waals surface area (Å²) in [5.74, 6) is -0.724. The number of benzene rings is 3. The van der Waals surface area contributed by atoms with Crippen molar-refractivity contribution in [3.05, 3.63) is 101 Å². The highest BCUT2D eigenvalue weighted by molar-refractivity contribution is 7.98. The maximum Gasteiger partial charge on any atom is 0.326 e. The maximum atomic E-state index is 13.2. The third-order valence-electron chi connectivity index (χ3n) is 5.69. The maximum absolute atomic E-state index is 13.2. The zero-order valence-corrected chi connectivity index (χ0v) is 20.5. The van der Waals surface area contributed by atoms with Crippen LogP contribution in [0.15, 0.2) is 78.9 Å². The molecule has 4 nitrogen and oxygen atoms in total. The van der Waals surface area contributed by atoms with E-state index in [0.717, 1.165) is 35.1 Å². The molecule has 0 spiro atoms. The number of carbonyl (C=O) groups is 2. The second-order valence-corrected chi connectivity index (χ2v) is 9.18. The molecule has 3 aromatic rings. The van der Waals surface area contributed by atoms with Gasteiger partial charge in [0.1, 0.15) is 6.04 Å². The van der Waals surface area contributed by atoms with Gasteiger partial charge in [-0.05, 0) is 78.1 Å². The van der Waals surface area contributed by atoms with E-state index in [2.05, 4.69) is 29.6 Å². The molecule has 34 heavy (non-hydrogen) atoms. The van der Waals surface area contributed by atoms with Crippen LogP contribution in [0.1, 0.15) is 39.9 Å². The Labute approximate surface area is 206 Å². The predicted molar refractivity (Wildman–Crippen MR) is 142 cm³/mol. The second kappa shape index (κ2) is 12.8. The lowest BCUT2D eigenvalue weighted by molar-refractivity contribution is -0.139. The second-order valence-electron chi connectivity index (χ2n) is 8.19. The largest absolute Gasteiger partial charge is 0.480 e. The lowest BCUT2D eigenvalue weighted by atomic mass is 9.93. The molecule has 176 valence electrons. The van der Waals surface area contributed by atoms with Gasteiger partial charge in [0.25, 0.3) is 5.91 Å². The lowest BCUT2D eigenvalue weighted by Gasteiger charge is -2.17. The summed E-state index contributed by atoms with van der Waals surface area (Å²) >= 11 is 1.56. The Balaban J connectivity index is 1.86. The third kappa shape index (κ3) is 7.09. The van der Waals surface area contributed by atoms with Crippen LogP contribution in [0.2, 0.25) is 0 Å². The molecule has 1 atom stereocenters. The summed E-state index contributed by atoms with van der Waals surface area (Å²) in [6.07, 6.45) is 8.40. The molecule has 0 heterocycles. The van der Waals surface area contributed by atoms with Crippen molar-refractivity contribution in [3.63, 3.8) is 0 Å². The number of allylic oxidation sites excluding steroid dienone is 1. The number of hydrogen-bond donors (Lipinski definition) is 2. The molecule has 1 amide bonds. The SMILES string of the molecule is CSCC[C@H](NC(=O)c1ccc(/C=C/CCc2ccccc2)cc1-c1ccccc1C)C(=O)O. The Morgan fingerprint density at radius 3 is 2.44 bits per heavy atom. The molecule has 5 heteroatoms. The van der Waals surface area contributed by atoms with Crippen LogP contribution in [0.25, 0.3) is 17.2 Å². The first-order valence-corrected chi connectivity index (χ1v) is 12.8. The number of carboxylic acid groups (broad SMARTS) is 1. The number of amides is 1. The fraction of sp³-hybridized carbons (Fsp3) is 0.241. The van der Waals surface area contributed by atoms with Crippen molar-refractivity contribution >= 4 is 29.7 Å². The molecule has 3 rings (SSSR count). The highest BCUT2D eigenvalue weighted by atomic mass is 32.2.